The number of sulfonamides is 1. The summed E-state index contributed by atoms with van der Waals surface area (Å²) in [4.78, 5) is 29.1. The molecule has 0 bridgehead atoms. The van der Waals surface area contributed by atoms with E-state index in [1.807, 2.05) is 25.1 Å². The van der Waals surface area contributed by atoms with Crippen LogP contribution in [-0.2, 0) is 32.6 Å². The van der Waals surface area contributed by atoms with E-state index in [0.29, 0.717) is 12.4 Å². The van der Waals surface area contributed by atoms with Gasteiger partial charge in [-0.25, -0.2) is 17.2 Å². The molecule has 0 saturated heterocycles. The number of benzene rings is 4. The Morgan fingerprint density at radius 1 is 0.848 bits per heavy atom. The number of hydrogen-bond acceptors (Lipinski definition) is 5. The molecule has 11 heteroatoms. The number of carbonyl (C=O) groups excluding carboxylic acids is 2. The molecule has 46 heavy (non-hydrogen) atoms. The van der Waals surface area contributed by atoms with Gasteiger partial charge in [0.25, 0.3) is 10.0 Å². The largest absolute Gasteiger partial charge is 0.494 e. The molecule has 0 unspecified atom stereocenters. The minimum absolute atomic E-state index is 0.0906. The van der Waals surface area contributed by atoms with Crippen LogP contribution in [0.4, 0.5) is 14.5 Å². The van der Waals surface area contributed by atoms with Gasteiger partial charge in [0.2, 0.25) is 11.8 Å². The minimum Gasteiger partial charge on any atom is -0.494 e. The minimum atomic E-state index is -4.43. The van der Waals surface area contributed by atoms with Gasteiger partial charge >= 0.3 is 0 Å². The zero-order chi connectivity index (χ0) is 33.3. The van der Waals surface area contributed by atoms with E-state index in [4.69, 9.17) is 4.74 Å². The molecule has 0 fully saturated rings. The number of anilines is 1. The van der Waals surface area contributed by atoms with Gasteiger partial charge in [-0.15, -0.1) is 0 Å². The molecule has 0 aromatic heterocycles. The first-order chi connectivity index (χ1) is 22.0. The second-order valence-corrected chi connectivity index (χ2v) is 12.7. The van der Waals surface area contributed by atoms with E-state index in [2.05, 4.69) is 5.32 Å². The molecule has 0 radical (unpaired) electrons. The van der Waals surface area contributed by atoms with Crippen molar-refractivity contribution in [2.45, 2.75) is 50.7 Å². The number of rotatable bonds is 14. The fourth-order valence-corrected chi connectivity index (χ4v) is 6.30. The third-order valence-electron chi connectivity index (χ3n) is 7.12. The maximum atomic E-state index is 15.0. The fraction of sp³-hybridized carbons (Fsp3) is 0.257. The summed E-state index contributed by atoms with van der Waals surface area (Å²) in [6.07, 6.45) is 0.0906. The molecule has 2 amide bonds. The summed E-state index contributed by atoms with van der Waals surface area (Å²) >= 11 is 0. The molecule has 0 heterocycles. The molecule has 0 aliphatic carbocycles. The summed E-state index contributed by atoms with van der Waals surface area (Å²) in [5, 5.41) is 2.86. The van der Waals surface area contributed by atoms with Crippen molar-refractivity contribution in [3.8, 4) is 5.75 Å². The van der Waals surface area contributed by atoms with Gasteiger partial charge in [-0.1, -0.05) is 48.5 Å². The fourth-order valence-electron chi connectivity index (χ4n) is 4.88. The summed E-state index contributed by atoms with van der Waals surface area (Å²) in [5.74, 6) is -1.93. The number of amides is 2. The van der Waals surface area contributed by atoms with Gasteiger partial charge in [-0.05, 0) is 80.9 Å². The third-order valence-corrected chi connectivity index (χ3v) is 8.90. The van der Waals surface area contributed by atoms with Crippen LogP contribution >= 0.6 is 0 Å². The van der Waals surface area contributed by atoms with Gasteiger partial charge < -0.3 is 15.0 Å². The number of nitrogens with zero attached hydrogens (tertiary/aromatic N) is 2. The topological polar surface area (TPSA) is 96.0 Å². The summed E-state index contributed by atoms with van der Waals surface area (Å²) in [5.41, 5.74) is 1.04. The van der Waals surface area contributed by atoms with E-state index in [-0.39, 0.29) is 35.2 Å². The first kappa shape index (κ1) is 34.1. The molecular formula is C35H37F2N3O5S. The average Bonchev–Trinajstić information content (AvgIpc) is 3.03. The third kappa shape index (κ3) is 8.69. The van der Waals surface area contributed by atoms with Crippen molar-refractivity contribution in [2.75, 3.05) is 17.5 Å². The molecule has 4 aromatic carbocycles. The maximum absolute atomic E-state index is 15.0. The van der Waals surface area contributed by atoms with E-state index in [0.717, 1.165) is 34.1 Å². The lowest BCUT2D eigenvalue weighted by molar-refractivity contribution is -0.140. The predicted octanol–water partition coefficient (Wildman–Crippen LogP) is 5.72. The van der Waals surface area contributed by atoms with Gasteiger partial charge in [-0.3, -0.25) is 13.9 Å². The summed E-state index contributed by atoms with van der Waals surface area (Å²) in [7, 11) is -4.43. The number of nitrogens with one attached hydrogen (secondary N) is 1. The van der Waals surface area contributed by atoms with Gasteiger partial charge in [-0.2, -0.15) is 0 Å². The molecule has 4 aromatic rings. The Bertz CT molecular complexity index is 1720. The van der Waals surface area contributed by atoms with Crippen LogP contribution in [-0.4, -0.2) is 50.4 Å². The summed E-state index contributed by atoms with van der Waals surface area (Å²) in [6.45, 7) is 4.72. The van der Waals surface area contributed by atoms with Crippen LogP contribution in [0.1, 0.15) is 31.9 Å². The van der Waals surface area contributed by atoms with Gasteiger partial charge in [0.05, 0.1) is 17.2 Å². The molecule has 242 valence electrons. The second kappa shape index (κ2) is 15.5. The molecule has 0 aliphatic rings. The van der Waals surface area contributed by atoms with E-state index >= 15 is 0 Å². The Morgan fingerprint density at radius 2 is 1.48 bits per heavy atom. The Hall–Kier alpha value is -4.77. The maximum Gasteiger partial charge on any atom is 0.264 e. The number of ether oxygens (including phenoxy) is 1. The lowest BCUT2D eigenvalue weighted by atomic mass is 10.0. The summed E-state index contributed by atoms with van der Waals surface area (Å²) < 4.78 is 63.2. The van der Waals surface area contributed by atoms with Crippen molar-refractivity contribution in [1.29, 1.82) is 0 Å². The first-order valence-corrected chi connectivity index (χ1v) is 16.3. The molecule has 1 atom stereocenters. The van der Waals surface area contributed by atoms with E-state index < -0.39 is 46.1 Å². The quantitative estimate of drug-likeness (QED) is 0.189. The Labute approximate surface area is 268 Å². The van der Waals surface area contributed by atoms with E-state index in [1.165, 1.54) is 35.2 Å². The van der Waals surface area contributed by atoms with Crippen molar-refractivity contribution in [1.82, 2.24) is 10.2 Å². The van der Waals surface area contributed by atoms with Crippen LogP contribution in [0.5, 0.6) is 5.75 Å². The molecule has 8 nitrogen and oxygen atoms in total. The molecular weight excluding hydrogens is 612 g/mol. The standard InChI is InChI=1S/C35H37F2N3O5S/c1-4-45-30-18-16-29(17-19-30)40(46(43,44)31-20-14-28(36)15-21-31)24-34(41)39(23-27-12-8-9-13-32(27)37)33(35(42)38-25(2)3)22-26-10-6-5-7-11-26/h5-21,25,33H,4,22-24H2,1-3H3,(H,38,42)/t33-/m0/s1. The zero-order valence-corrected chi connectivity index (χ0v) is 26.7. The highest BCUT2D eigenvalue weighted by Crippen LogP contribution is 2.27. The van der Waals surface area contributed by atoms with Gasteiger partial charge in [0.1, 0.15) is 30.0 Å². The van der Waals surface area contributed by atoms with Crippen LogP contribution in [0.15, 0.2) is 108 Å². The molecule has 0 aliphatic heterocycles. The predicted molar refractivity (Wildman–Crippen MR) is 173 cm³/mol. The van der Waals surface area contributed by atoms with Gasteiger partial charge in [0.15, 0.2) is 0 Å². The number of halogens is 2. The van der Waals surface area contributed by atoms with Crippen LogP contribution in [0.3, 0.4) is 0 Å². The van der Waals surface area contributed by atoms with Crippen molar-refractivity contribution in [2.24, 2.45) is 0 Å². The Kier molecular flexibility index (Phi) is 11.5. The van der Waals surface area contributed by atoms with Crippen LogP contribution in [0, 0.1) is 11.6 Å². The number of hydrogen-bond donors (Lipinski definition) is 1. The average molecular weight is 650 g/mol. The highest BCUT2D eigenvalue weighted by atomic mass is 32.2. The van der Waals surface area contributed by atoms with Crippen molar-refractivity contribution < 1.29 is 31.5 Å². The van der Waals surface area contributed by atoms with Crippen molar-refractivity contribution in [3.63, 3.8) is 0 Å². The van der Waals surface area contributed by atoms with Crippen LogP contribution < -0.4 is 14.4 Å². The lowest BCUT2D eigenvalue weighted by Gasteiger charge is -2.34. The van der Waals surface area contributed by atoms with Gasteiger partial charge in [0, 0.05) is 24.6 Å². The summed E-state index contributed by atoms with van der Waals surface area (Å²) in [6, 6.07) is 24.0. The smallest absolute Gasteiger partial charge is 0.264 e. The van der Waals surface area contributed by atoms with Crippen LogP contribution in [0.2, 0.25) is 0 Å². The second-order valence-electron chi connectivity index (χ2n) is 10.9. The van der Waals surface area contributed by atoms with Crippen molar-refractivity contribution >= 4 is 27.5 Å². The van der Waals surface area contributed by atoms with E-state index in [9.17, 15) is 26.8 Å². The van der Waals surface area contributed by atoms with E-state index in [1.54, 1.807) is 44.2 Å². The molecule has 0 spiro atoms. The SMILES string of the molecule is CCOc1ccc(N(CC(=O)N(Cc2ccccc2F)[C@@H](Cc2ccccc2)C(=O)NC(C)C)S(=O)(=O)c2ccc(F)cc2)cc1. The van der Waals surface area contributed by atoms with Crippen LogP contribution in [0.25, 0.3) is 0 Å². The highest BCUT2D eigenvalue weighted by molar-refractivity contribution is 7.92. The monoisotopic (exact) mass is 649 g/mol. The first-order valence-electron chi connectivity index (χ1n) is 14.9. The number of carbonyl (C=O) groups is 2. The zero-order valence-electron chi connectivity index (χ0n) is 25.9. The normalized spacial score (nSPS) is 12.0. The highest BCUT2D eigenvalue weighted by Gasteiger charge is 2.35. The molecule has 4 rings (SSSR count). The lowest BCUT2D eigenvalue weighted by Crippen LogP contribution is -2.54. The molecule has 1 N–H and O–H groups in total. The Morgan fingerprint density at radius 3 is 2.09 bits per heavy atom. The van der Waals surface area contributed by atoms with Crippen molar-refractivity contribution in [3.05, 3.63) is 126 Å². The molecule has 0 saturated carbocycles. The Balaban J connectivity index is 1.81.